The number of rotatable bonds is 6. The van der Waals surface area contributed by atoms with Gasteiger partial charge in [0.05, 0.1) is 19.3 Å². The van der Waals surface area contributed by atoms with Gasteiger partial charge < -0.3 is 4.74 Å². The summed E-state index contributed by atoms with van der Waals surface area (Å²) in [6, 6.07) is 9.87. The van der Waals surface area contributed by atoms with E-state index in [4.69, 9.17) is 4.74 Å². The van der Waals surface area contributed by atoms with Gasteiger partial charge in [-0.3, -0.25) is 0 Å². The van der Waals surface area contributed by atoms with Crippen LogP contribution in [0.4, 0.5) is 0 Å². The van der Waals surface area contributed by atoms with E-state index in [1.807, 2.05) is 30.3 Å². The van der Waals surface area contributed by atoms with Crippen molar-refractivity contribution in [2.75, 3.05) is 7.11 Å². The molecule has 0 fully saturated rings. The molecule has 0 aliphatic heterocycles. The first-order chi connectivity index (χ1) is 9.76. The molecular formula is C15H19N3O2. The molecule has 0 spiro atoms. The van der Waals surface area contributed by atoms with Crippen molar-refractivity contribution < 1.29 is 9.53 Å². The Kier molecular flexibility index (Phi) is 4.87. The Bertz CT molecular complexity index is 564. The number of ether oxygens (including phenoxy) is 1. The highest BCUT2D eigenvalue weighted by molar-refractivity contribution is 5.88. The van der Waals surface area contributed by atoms with Crippen LogP contribution in [-0.4, -0.2) is 28.1 Å². The third-order valence-electron chi connectivity index (χ3n) is 3.13. The molecule has 5 nitrogen and oxygen atoms in total. The Morgan fingerprint density at radius 3 is 2.70 bits per heavy atom. The Labute approximate surface area is 118 Å². The number of hydrogen-bond donors (Lipinski definition) is 0. The van der Waals surface area contributed by atoms with Gasteiger partial charge in [0.15, 0.2) is 5.69 Å². The molecule has 0 radical (unpaired) electrons. The number of hydrogen-bond acceptors (Lipinski definition) is 4. The number of unbranched alkanes of at least 4 members (excludes halogenated alkanes) is 1. The van der Waals surface area contributed by atoms with Crippen LogP contribution < -0.4 is 0 Å². The van der Waals surface area contributed by atoms with Gasteiger partial charge >= 0.3 is 5.97 Å². The molecule has 0 amide bonds. The number of carbonyl (C=O) groups excluding carboxylic acids is 1. The van der Waals surface area contributed by atoms with Gasteiger partial charge in [-0.15, -0.1) is 5.10 Å². The Morgan fingerprint density at radius 1 is 1.30 bits per heavy atom. The molecule has 20 heavy (non-hydrogen) atoms. The molecule has 2 rings (SSSR count). The summed E-state index contributed by atoms with van der Waals surface area (Å²) >= 11 is 0. The molecular weight excluding hydrogens is 254 g/mol. The average molecular weight is 273 g/mol. The van der Waals surface area contributed by atoms with Gasteiger partial charge in [-0.2, -0.15) is 0 Å². The SMILES string of the molecule is CCCCc1nnn(Cc2ccccc2)c1C(=O)OC. The number of aryl methyl sites for hydroxylation is 1. The van der Waals surface area contributed by atoms with Crippen LogP contribution >= 0.6 is 0 Å². The van der Waals surface area contributed by atoms with Crippen molar-refractivity contribution in [2.45, 2.75) is 32.7 Å². The molecule has 1 aromatic carbocycles. The minimum absolute atomic E-state index is 0.378. The maximum atomic E-state index is 11.9. The van der Waals surface area contributed by atoms with E-state index in [1.54, 1.807) is 4.68 Å². The van der Waals surface area contributed by atoms with Crippen LogP contribution in [-0.2, 0) is 17.7 Å². The Morgan fingerprint density at radius 2 is 2.05 bits per heavy atom. The van der Waals surface area contributed by atoms with Crippen LogP contribution in [0.25, 0.3) is 0 Å². The second kappa shape index (κ2) is 6.84. The molecule has 5 heteroatoms. The van der Waals surface area contributed by atoms with Crippen LogP contribution in [0.2, 0.25) is 0 Å². The normalized spacial score (nSPS) is 10.5. The predicted molar refractivity (Wildman–Crippen MR) is 75.5 cm³/mol. The number of aromatic nitrogens is 3. The molecule has 0 aliphatic carbocycles. The lowest BCUT2D eigenvalue weighted by Gasteiger charge is -2.06. The van der Waals surface area contributed by atoms with E-state index in [2.05, 4.69) is 17.2 Å². The first kappa shape index (κ1) is 14.2. The molecule has 0 bridgehead atoms. The van der Waals surface area contributed by atoms with Gasteiger partial charge in [0.1, 0.15) is 0 Å². The van der Waals surface area contributed by atoms with Crippen molar-refractivity contribution in [3.63, 3.8) is 0 Å². The van der Waals surface area contributed by atoms with Crippen molar-refractivity contribution >= 4 is 5.97 Å². The average Bonchev–Trinajstić information content (AvgIpc) is 2.88. The molecule has 106 valence electrons. The van der Waals surface area contributed by atoms with Gasteiger partial charge in [-0.1, -0.05) is 48.9 Å². The number of carbonyl (C=O) groups is 1. The lowest BCUT2D eigenvalue weighted by Crippen LogP contribution is -2.14. The molecule has 0 atom stereocenters. The second-order valence-electron chi connectivity index (χ2n) is 4.62. The van der Waals surface area contributed by atoms with Crippen molar-refractivity contribution in [1.29, 1.82) is 0 Å². The van der Waals surface area contributed by atoms with Gasteiger partial charge in [-0.25, -0.2) is 9.48 Å². The zero-order valence-corrected chi connectivity index (χ0v) is 11.9. The molecule has 2 aromatic rings. The first-order valence-corrected chi connectivity index (χ1v) is 6.80. The van der Waals surface area contributed by atoms with Gasteiger partial charge in [-0.05, 0) is 18.4 Å². The Hall–Kier alpha value is -2.17. The fraction of sp³-hybridized carbons (Fsp3) is 0.400. The van der Waals surface area contributed by atoms with E-state index in [0.29, 0.717) is 12.2 Å². The van der Waals surface area contributed by atoms with Crippen LogP contribution in [0.15, 0.2) is 30.3 Å². The summed E-state index contributed by atoms with van der Waals surface area (Å²) in [5, 5.41) is 8.23. The first-order valence-electron chi connectivity index (χ1n) is 6.80. The van der Waals surface area contributed by atoms with Gasteiger partial charge in [0.2, 0.25) is 0 Å². The van der Waals surface area contributed by atoms with Crippen LogP contribution in [0.5, 0.6) is 0 Å². The molecule has 1 aromatic heterocycles. The summed E-state index contributed by atoms with van der Waals surface area (Å²) < 4.78 is 6.47. The van der Waals surface area contributed by atoms with Crippen LogP contribution in [0.1, 0.15) is 41.5 Å². The third-order valence-corrected chi connectivity index (χ3v) is 3.13. The summed E-state index contributed by atoms with van der Waals surface area (Å²) in [5.41, 5.74) is 2.25. The topological polar surface area (TPSA) is 57.0 Å². The fourth-order valence-electron chi connectivity index (χ4n) is 2.05. The summed E-state index contributed by atoms with van der Waals surface area (Å²) in [6.07, 6.45) is 2.77. The number of methoxy groups -OCH3 is 1. The fourth-order valence-corrected chi connectivity index (χ4v) is 2.05. The summed E-state index contributed by atoms with van der Waals surface area (Å²) in [4.78, 5) is 11.9. The molecule has 0 unspecified atom stereocenters. The highest BCUT2D eigenvalue weighted by Gasteiger charge is 2.20. The smallest absolute Gasteiger partial charge is 0.358 e. The van der Waals surface area contributed by atoms with Crippen LogP contribution in [0.3, 0.4) is 0 Å². The maximum absolute atomic E-state index is 11.9. The highest BCUT2D eigenvalue weighted by Crippen LogP contribution is 2.13. The summed E-state index contributed by atoms with van der Waals surface area (Å²) in [5.74, 6) is -0.378. The number of benzene rings is 1. The summed E-state index contributed by atoms with van der Waals surface area (Å²) in [6.45, 7) is 2.62. The van der Waals surface area contributed by atoms with E-state index in [-0.39, 0.29) is 5.97 Å². The van der Waals surface area contributed by atoms with Gasteiger partial charge in [0.25, 0.3) is 0 Å². The third kappa shape index (κ3) is 3.23. The van der Waals surface area contributed by atoms with Crippen molar-refractivity contribution in [1.82, 2.24) is 15.0 Å². The van der Waals surface area contributed by atoms with Crippen molar-refractivity contribution in [3.05, 3.63) is 47.3 Å². The van der Waals surface area contributed by atoms with Gasteiger partial charge in [0, 0.05) is 0 Å². The van der Waals surface area contributed by atoms with E-state index in [1.165, 1.54) is 7.11 Å². The molecule has 1 heterocycles. The molecule has 0 saturated heterocycles. The summed E-state index contributed by atoms with van der Waals surface area (Å²) in [7, 11) is 1.38. The number of nitrogens with zero attached hydrogens (tertiary/aromatic N) is 3. The monoisotopic (exact) mass is 273 g/mol. The van der Waals surface area contributed by atoms with E-state index in [9.17, 15) is 4.79 Å². The van der Waals surface area contributed by atoms with Crippen LogP contribution in [0, 0.1) is 0 Å². The highest BCUT2D eigenvalue weighted by atomic mass is 16.5. The quantitative estimate of drug-likeness (QED) is 0.759. The largest absolute Gasteiger partial charge is 0.464 e. The second-order valence-corrected chi connectivity index (χ2v) is 4.62. The minimum atomic E-state index is -0.378. The minimum Gasteiger partial charge on any atom is -0.464 e. The molecule has 0 saturated carbocycles. The molecule has 0 aliphatic rings. The van der Waals surface area contributed by atoms with E-state index < -0.39 is 0 Å². The van der Waals surface area contributed by atoms with Crippen molar-refractivity contribution in [3.8, 4) is 0 Å². The van der Waals surface area contributed by atoms with Crippen molar-refractivity contribution in [2.24, 2.45) is 0 Å². The zero-order chi connectivity index (χ0) is 14.4. The van der Waals surface area contributed by atoms with E-state index in [0.717, 1.165) is 30.5 Å². The van der Waals surface area contributed by atoms with E-state index >= 15 is 0 Å². The lowest BCUT2D eigenvalue weighted by molar-refractivity contribution is 0.0586. The zero-order valence-electron chi connectivity index (χ0n) is 11.9. The maximum Gasteiger partial charge on any atom is 0.358 e. The number of esters is 1. The predicted octanol–water partition coefficient (Wildman–Crippen LogP) is 2.46. The standard InChI is InChI=1S/C15H19N3O2/c1-3-4-10-13-14(15(19)20-2)18(17-16-13)11-12-8-6-5-7-9-12/h5-9H,3-4,10-11H2,1-2H3. The molecule has 0 N–H and O–H groups in total. The Balaban J connectivity index is 2.28. The lowest BCUT2D eigenvalue weighted by atomic mass is 10.1.